The maximum atomic E-state index is 12.4. The van der Waals surface area contributed by atoms with Crippen molar-refractivity contribution in [1.82, 2.24) is 9.29 Å². The molecule has 2 aromatic rings. The fourth-order valence-corrected chi connectivity index (χ4v) is 3.13. The van der Waals surface area contributed by atoms with Gasteiger partial charge in [-0.2, -0.15) is 4.31 Å². The molecule has 0 saturated heterocycles. The lowest BCUT2D eigenvalue weighted by Gasteiger charge is -2.17. The number of nitrogens with zero attached hydrogens (tertiary/aromatic N) is 2. The molecule has 1 N–H and O–H groups in total. The van der Waals surface area contributed by atoms with Crippen molar-refractivity contribution in [3.8, 4) is 5.75 Å². The third kappa shape index (κ3) is 3.27. The number of pyridine rings is 1. The summed E-state index contributed by atoms with van der Waals surface area (Å²) in [5.41, 5.74) is 0.691. The first-order valence-electron chi connectivity index (χ1n) is 5.75. The van der Waals surface area contributed by atoms with Crippen molar-refractivity contribution >= 4 is 21.6 Å². The Kier molecular flexibility index (Phi) is 4.27. The fourth-order valence-electron chi connectivity index (χ4n) is 1.72. The van der Waals surface area contributed by atoms with Crippen molar-refractivity contribution in [2.45, 2.75) is 11.4 Å². The molecule has 106 valence electrons. The zero-order chi connectivity index (χ0) is 14.8. The van der Waals surface area contributed by atoms with E-state index in [9.17, 15) is 13.5 Å². The Balaban J connectivity index is 2.26. The van der Waals surface area contributed by atoms with E-state index in [2.05, 4.69) is 4.98 Å². The monoisotopic (exact) mass is 312 g/mol. The summed E-state index contributed by atoms with van der Waals surface area (Å²) in [6.45, 7) is 0.149. The zero-order valence-electron chi connectivity index (χ0n) is 10.7. The molecule has 0 amide bonds. The predicted octanol–water partition coefficient (Wildman–Crippen LogP) is 2.26. The van der Waals surface area contributed by atoms with Gasteiger partial charge in [0.25, 0.3) is 0 Å². The highest BCUT2D eigenvalue weighted by Crippen LogP contribution is 2.20. The van der Waals surface area contributed by atoms with Gasteiger partial charge in [-0.15, -0.1) is 0 Å². The van der Waals surface area contributed by atoms with E-state index in [1.807, 2.05) is 0 Å². The maximum absolute atomic E-state index is 12.4. The Morgan fingerprint density at radius 3 is 2.70 bits per heavy atom. The highest BCUT2D eigenvalue weighted by molar-refractivity contribution is 7.89. The van der Waals surface area contributed by atoms with Gasteiger partial charge in [0.15, 0.2) is 0 Å². The van der Waals surface area contributed by atoms with E-state index in [0.29, 0.717) is 5.56 Å². The topological polar surface area (TPSA) is 70.5 Å². The van der Waals surface area contributed by atoms with Crippen LogP contribution in [-0.4, -0.2) is 29.9 Å². The van der Waals surface area contributed by atoms with Gasteiger partial charge in [0.2, 0.25) is 10.0 Å². The Bertz CT molecular complexity index is 719. The predicted molar refractivity (Wildman–Crippen MR) is 76.0 cm³/mol. The second-order valence-corrected chi connectivity index (χ2v) is 6.68. The SMILES string of the molecule is CN(Cc1cccc(O)c1)S(=O)(=O)c1ccnc(Cl)c1. The molecule has 7 heteroatoms. The van der Waals surface area contributed by atoms with E-state index in [-0.39, 0.29) is 22.3 Å². The van der Waals surface area contributed by atoms with Gasteiger partial charge >= 0.3 is 0 Å². The van der Waals surface area contributed by atoms with E-state index in [0.717, 1.165) is 0 Å². The summed E-state index contributed by atoms with van der Waals surface area (Å²) in [4.78, 5) is 3.84. The molecule has 0 spiro atoms. The molecule has 0 radical (unpaired) electrons. The van der Waals surface area contributed by atoms with Crippen molar-refractivity contribution in [1.29, 1.82) is 0 Å². The van der Waals surface area contributed by atoms with Gasteiger partial charge in [0.1, 0.15) is 10.9 Å². The minimum absolute atomic E-state index is 0.0835. The standard InChI is InChI=1S/C13H13ClN2O3S/c1-16(9-10-3-2-4-11(17)7-10)20(18,19)12-5-6-15-13(14)8-12/h2-8,17H,9H2,1H3. The lowest BCUT2D eigenvalue weighted by molar-refractivity contribution is 0.458. The van der Waals surface area contributed by atoms with Crippen LogP contribution in [-0.2, 0) is 16.6 Å². The van der Waals surface area contributed by atoms with Crippen molar-refractivity contribution in [3.63, 3.8) is 0 Å². The number of aromatic hydroxyl groups is 1. The molecule has 0 bridgehead atoms. The Morgan fingerprint density at radius 2 is 2.05 bits per heavy atom. The maximum Gasteiger partial charge on any atom is 0.243 e. The van der Waals surface area contributed by atoms with Crippen LogP contribution in [0.4, 0.5) is 0 Å². The number of hydrogen-bond donors (Lipinski definition) is 1. The largest absolute Gasteiger partial charge is 0.508 e. The number of benzene rings is 1. The molecular weight excluding hydrogens is 300 g/mol. The minimum Gasteiger partial charge on any atom is -0.508 e. The van der Waals surface area contributed by atoms with Gasteiger partial charge in [-0.3, -0.25) is 0 Å². The number of phenols is 1. The van der Waals surface area contributed by atoms with E-state index >= 15 is 0 Å². The van der Waals surface area contributed by atoms with Crippen molar-refractivity contribution in [2.75, 3.05) is 7.05 Å². The van der Waals surface area contributed by atoms with Gasteiger partial charge in [-0.1, -0.05) is 23.7 Å². The molecular formula is C13H13ClN2O3S. The van der Waals surface area contributed by atoms with Crippen LogP contribution in [0, 0.1) is 0 Å². The highest BCUT2D eigenvalue weighted by Gasteiger charge is 2.21. The first-order chi connectivity index (χ1) is 9.39. The van der Waals surface area contributed by atoms with Gasteiger partial charge in [-0.05, 0) is 29.8 Å². The smallest absolute Gasteiger partial charge is 0.243 e. The van der Waals surface area contributed by atoms with Crippen LogP contribution < -0.4 is 0 Å². The molecule has 0 saturated carbocycles. The van der Waals surface area contributed by atoms with Gasteiger partial charge in [0.05, 0.1) is 4.90 Å². The average Bonchev–Trinajstić information content (AvgIpc) is 2.38. The molecule has 0 unspecified atom stereocenters. The average molecular weight is 313 g/mol. The number of sulfonamides is 1. The lowest BCUT2D eigenvalue weighted by Crippen LogP contribution is -2.26. The molecule has 0 aliphatic heterocycles. The second-order valence-electron chi connectivity index (χ2n) is 4.25. The number of rotatable bonds is 4. The van der Waals surface area contributed by atoms with Crippen LogP contribution in [0.2, 0.25) is 5.15 Å². The zero-order valence-corrected chi connectivity index (χ0v) is 12.3. The van der Waals surface area contributed by atoms with Gasteiger partial charge in [-0.25, -0.2) is 13.4 Å². The van der Waals surface area contributed by atoms with E-state index in [4.69, 9.17) is 11.6 Å². The number of halogens is 1. The minimum atomic E-state index is -3.65. The lowest BCUT2D eigenvalue weighted by atomic mass is 10.2. The number of phenolic OH excluding ortho intramolecular Hbond substituents is 1. The van der Waals surface area contributed by atoms with E-state index < -0.39 is 10.0 Å². The quantitative estimate of drug-likeness (QED) is 0.879. The van der Waals surface area contributed by atoms with Crippen LogP contribution in [0.15, 0.2) is 47.5 Å². The van der Waals surface area contributed by atoms with Gasteiger partial charge in [0, 0.05) is 19.8 Å². The molecule has 0 fully saturated rings. The van der Waals surface area contributed by atoms with Crippen molar-refractivity contribution in [3.05, 3.63) is 53.3 Å². The second kappa shape index (κ2) is 5.78. The number of hydrogen-bond acceptors (Lipinski definition) is 4. The molecule has 1 aromatic carbocycles. The van der Waals surface area contributed by atoms with Crippen LogP contribution in [0.25, 0.3) is 0 Å². The first kappa shape index (κ1) is 14.8. The molecule has 0 aliphatic carbocycles. The summed E-state index contributed by atoms with van der Waals surface area (Å²) in [6.07, 6.45) is 1.34. The van der Waals surface area contributed by atoms with Crippen molar-refractivity contribution in [2.24, 2.45) is 0 Å². The molecule has 0 aliphatic rings. The summed E-state index contributed by atoms with van der Waals surface area (Å²) in [5, 5.41) is 9.51. The fraction of sp³-hybridized carbons (Fsp3) is 0.154. The van der Waals surface area contributed by atoms with E-state index in [1.54, 1.807) is 12.1 Å². The Morgan fingerprint density at radius 1 is 1.30 bits per heavy atom. The van der Waals surface area contributed by atoms with Crippen molar-refractivity contribution < 1.29 is 13.5 Å². The van der Waals surface area contributed by atoms with Gasteiger partial charge < -0.3 is 5.11 Å². The molecule has 5 nitrogen and oxygen atoms in total. The molecule has 0 atom stereocenters. The third-order valence-corrected chi connectivity index (χ3v) is 4.73. The Labute approximate surface area is 122 Å². The molecule has 20 heavy (non-hydrogen) atoms. The molecule has 1 aromatic heterocycles. The summed E-state index contributed by atoms with van der Waals surface area (Å²) in [6, 6.07) is 9.14. The highest BCUT2D eigenvalue weighted by atomic mass is 35.5. The summed E-state index contributed by atoms with van der Waals surface area (Å²) < 4.78 is 25.9. The summed E-state index contributed by atoms with van der Waals surface area (Å²) >= 11 is 5.71. The van der Waals surface area contributed by atoms with E-state index in [1.165, 1.54) is 41.8 Å². The normalized spacial score (nSPS) is 11.8. The first-order valence-corrected chi connectivity index (χ1v) is 7.57. The van der Waals surface area contributed by atoms with Crippen LogP contribution in [0.5, 0.6) is 5.75 Å². The third-order valence-electron chi connectivity index (χ3n) is 2.72. The van der Waals surface area contributed by atoms with Crippen LogP contribution >= 0.6 is 11.6 Å². The van der Waals surface area contributed by atoms with Crippen LogP contribution in [0.1, 0.15) is 5.56 Å². The Hall–Kier alpha value is -1.63. The number of aromatic nitrogens is 1. The van der Waals surface area contributed by atoms with Crippen LogP contribution in [0.3, 0.4) is 0 Å². The molecule has 2 rings (SSSR count). The molecule has 1 heterocycles. The summed E-state index contributed by atoms with van der Waals surface area (Å²) in [7, 11) is -2.18. The summed E-state index contributed by atoms with van der Waals surface area (Å²) in [5.74, 6) is 0.0975.